The van der Waals surface area contributed by atoms with Gasteiger partial charge in [-0.25, -0.2) is 0 Å². The van der Waals surface area contributed by atoms with Gasteiger partial charge in [0.1, 0.15) is 5.75 Å². The highest BCUT2D eigenvalue weighted by Gasteiger charge is 2.31. The molecule has 0 saturated heterocycles. The Labute approximate surface area is 91.5 Å². The summed E-state index contributed by atoms with van der Waals surface area (Å²) in [7, 11) is 0. The molecule has 0 amide bonds. The van der Waals surface area contributed by atoms with E-state index in [1.54, 1.807) is 12.1 Å². The summed E-state index contributed by atoms with van der Waals surface area (Å²) in [5.41, 5.74) is 3.17. The minimum absolute atomic E-state index is 0.161. The van der Waals surface area contributed by atoms with Crippen molar-refractivity contribution in [2.24, 2.45) is 0 Å². The van der Waals surface area contributed by atoms with Crippen molar-refractivity contribution >= 4 is 5.57 Å². The first-order chi connectivity index (χ1) is 7.46. The van der Waals surface area contributed by atoms with Crippen molar-refractivity contribution in [3.05, 3.63) is 35.4 Å². The molecule has 86 valence electrons. The molecule has 16 heavy (non-hydrogen) atoms. The van der Waals surface area contributed by atoms with Crippen LogP contribution >= 0.6 is 0 Å². The van der Waals surface area contributed by atoms with Gasteiger partial charge in [-0.05, 0) is 43.0 Å². The number of allylic oxidation sites excluding steroid dienone is 2. The zero-order valence-corrected chi connectivity index (χ0v) is 8.77. The Morgan fingerprint density at radius 1 is 1.25 bits per heavy atom. The largest absolute Gasteiger partial charge is 0.573 e. The number of ether oxygens (including phenoxy) is 1. The molecule has 1 aromatic carbocycles. The molecular formula is C12H11F3O. The van der Waals surface area contributed by atoms with E-state index in [4.69, 9.17) is 0 Å². The Morgan fingerprint density at radius 3 is 2.50 bits per heavy atom. The van der Waals surface area contributed by atoms with E-state index in [-0.39, 0.29) is 5.75 Å². The van der Waals surface area contributed by atoms with E-state index in [1.165, 1.54) is 17.7 Å². The molecule has 0 atom stereocenters. The van der Waals surface area contributed by atoms with Crippen molar-refractivity contribution in [3.63, 3.8) is 0 Å². The molecule has 0 bridgehead atoms. The highest BCUT2D eigenvalue weighted by molar-refractivity contribution is 5.70. The number of alkyl halides is 3. The molecule has 1 aliphatic rings. The Morgan fingerprint density at radius 2 is 1.94 bits per heavy atom. The molecule has 1 fully saturated rings. The number of rotatable bonds is 2. The van der Waals surface area contributed by atoms with E-state index in [0.717, 1.165) is 24.0 Å². The Balaban J connectivity index is 2.23. The van der Waals surface area contributed by atoms with Gasteiger partial charge in [-0.2, -0.15) is 0 Å². The maximum Gasteiger partial charge on any atom is 0.573 e. The molecule has 2 rings (SSSR count). The summed E-state index contributed by atoms with van der Waals surface area (Å²) in [5.74, 6) is -0.161. The quantitative estimate of drug-likeness (QED) is 0.738. The number of hydrogen-bond donors (Lipinski definition) is 0. The van der Waals surface area contributed by atoms with Crippen LogP contribution in [0.4, 0.5) is 13.2 Å². The van der Waals surface area contributed by atoms with Gasteiger partial charge in [0.2, 0.25) is 0 Å². The van der Waals surface area contributed by atoms with Gasteiger partial charge in [0.15, 0.2) is 0 Å². The maximum absolute atomic E-state index is 12.0. The summed E-state index contributed by atoms with van der Waals surface area (Å²) in [6.45, 7) is 1.93. The molecule has 0 unspecified atom stereocenters. The average molecular weight is 228 g/mol. The molecule has 1 aromatic rings. The van der Waals surface area contributed by atoms with Crippen LogP contribution in [0, 0.1) is 0 Å². The third-order valence-electron chi connectivity index (χ3n) is 2.53. The van der Waals surface area contributed by atoms with Gasteiger partial charge in [0, 0.05) is 0 Å². The zero-order valence-electron chi connectivity index (χ0n) is 8.77. The summed E-state index contributed by atoms with van der Waals surface area (Å²) >= 11 is 0. The van der Waals surface area contributed by atoms with Crippen molar-refractivity contribution in [2.45, 2.75) is 26.1 Å². The first-order valence-electron chi connectivity index (χ1n) is 5.00. The first kappa shape index (κ1) is 11.0. The van der Waals surface area contributed by atoms with Crippen molar-refractivity contribution in [2.75, 3.05) is 0 Å². The first-order valence-corrected chi connectivity index (χ1v) is 5.00. The SMILES string of the molecule is CC(=C1CC1)c1cccc(OC(F)(F)F)c1. The molecule has 4 heteroatoms. The lowest BCUT2D eigenvalue weighted by Crippen LogP contribution is -2.17. The number of benzene rings is 1. The van der Waals surface area contributed by atoms with Crippen LogP contribution in [0.5, 0.6) is 5.75 Å². The minimum atomic E-state index is -4.63. The van der Waals surface area contributed by atoms with Gasteiger partial charge in [-0.15, -0.1) is 13.2 Å². The van der Waals surface area contributed by atoms with Crippen LogP contribution in [0.15, 0.2) is 29.8 Å². The van der Waals surface area contributed by atoms with Gasteiger partial charge >= 0.3 is 6.36 Å². The second kappa shape index (κ2) is 3.85. The van der Waals surface area contributed by atoms with Crippen LogP contribution in [0.3, 0.4) is 0 Å². The fraction of sp³-hybridized carbons (Fsp3) is 0.333. The molecule has 1 aliphatic carbocycles. The van der Waals surface area contributed by atoms with Crippen LogP contribution in [-0.4, -0.2) is 6.36 Å². The van der Waals surface area contributed by atoms with Crippen LogP contribution in [0.2, 0.25) is 0 Å². The summed E-state index contributed by atoms with van der Waals surface area (Å²) in [4.78, 5) is 0. The highest BCUT2D eigenvalue weighted by Crippen LogP contribution is 2.37. The molecule has 0 aliphatic heterocycles. The van der Waals surface area contributed by atoms with Crippen LogP contribution in [0.1, 0.15) is 25.3 Å². The third-order valence-corrected chi connectivity index (χ3v) is 2.53. The normalized spacial score (nSPS) is 14.9. The van der Waals surface area contributed by atoms with E-state index < -0.39 is 6.36 Å². The summed E-state index contributed by atoms with van der Waals surface area (Å²) < 4.78 is 39.9. The highest BCUT2D eigenvalue weighted by atomic mass is 19.4. The second-order valence-electron chi connectivity index (χ2n) is 3.80. The summed E-state index contributed by atoms with van der Waals surface area (Å²) in [5, 5.41) is 0. The van der Waals surface area contributed by atoms with E-state index in [9.17, 15) is 13.2 Å². The molecule has 0 N–H and O–H groups in total. The lowest BCUT2D eigenvalue weighted by Gasteiger charge is -2.10. The van der Waals surface area contributed by atoms with Gasteiger partial charge in [0.05, 0.1) is 0 Å². The number of halogens is 3. The smallest absolute Gasteiger partial charge is 0.406 e. The molecular weight excluding hydrogens is 217 g/mol. The third kappa shape index (κ3) is 2.78. The zero-order chi connectivity index (χ0) is 11.8. The molecule has 1 nitrogen and oxygen atoms in total. The van der Waals surface area contributed by atoms with Crippen molar-refractivity contribution in [1.82, 2.24) is 0 Å². The predicted molar refractivity (Wildman–Crippen MR) is 55.0 cm³/mol. The van der Waals surface area contributed by atoms with Gasteiger partial charge in [-0.3, -0.25) is 0 Å². The number of hydrogen-bond acceptors (Lipinski definition) is 1. The van der Waals surface area contributed by atoms with Crippen molar-refractivity contribution in [3.8, 4) is 5.75 Å². The van der Waals surface area contributed by atoms with Crippen LogP contribution < -0.4 is 4.74 Å². The lowest BCUT2D eigenvalue weighted by atomic mass is 10.1. The van der Waals surface area contributed by atoms with Gasteiger partial charge in [-0.1, -0.05) is 17.7 Å². The Bertz CT molecular complexity index is 426. The monoisotopic (exact) mass is 228 g/mol. The topological polar surface area (TPSA) is 9.23 Å². The summed E-state index contributed by atoms with van der Waals surface area (Å²) in [6.07, 6.45) is -2.52. The van der Waals surface area contributed by atoms with Crippen molar-refractivity contribution in [1.29, 1.82) is 0 Å². The van der Waals surface area contributed by atoms with E-state index in [2.05, 4.69) is 4.74 Å². The molecule has 0 spiro atoms. The van der Waals surface area contributed by atoms with Gasteiger partial charge in [0.25, 0.3) is 0 Å². The maximum atomic E-state index is 12.0. The lowest BCUT2D eigenvalue weighted by molar-refractivity contribution is -0.274. The molecule has 0 heterocycles. The Hall–Kier alpha value is -1.45. The fourth-order valence-corrected chi connectivity index (χ4v) is 1.57. The summed E-state index contributed by atoms with van der Waals surface area (Å²) in [6, 6.07) is 6.10. The molecule has 1 saturated carbocycles. The van der Waals surface area contributed by atoms with Crippen LogP contribution in [-0.2, 0) is 0 Å². The molecule has 0 aromatic heterocycles. The standard InChI is InChI=1S/C12H11F3O/c1-8(9-5-6-9)10-3-2-4-11(7-10)16-12(13,14)15/h2-4,7H,5-6H2,1H3. The van der Waals surface area contributed by atoms with E-state index >= 15 is 0 Å². The van der Waals surface area contributed by atoms with E-state index in [0.29, 0.717) is 0 Å². The van der Waals surface area contributed by atoms with Gasteiger partial charge < -0.3 is 4.74 Å². The van der Waals surface area contributed by atoms with Crippen LogP contribution in [0.25, 0.3) is 5.57 Å². The van der Waals surface area contributed by atoms with E-state index in [1.807, 2.05) is 6.92 Å². The second-order valence-corrected chi connectivity index (χ2v) is 3.80. The average Bonchev–Trinajstić information content (AvgIpc) is 2.97. The Kier molecular flexibility index (Phi) is 2.66. The molecule has 0 radical (unpaired) electrons. The predicted octanol–water partition coefficient (Wildman–Crippen LogP) is 4.15. The van der Waals surface area contributed by atoms with Crippen molar-refractivity contribution < 1.29 is 17.9 Å². The fourth-order valence-electron chi connectivity index (χ4n) is 1.57. The minimum Gasteiger partial charge on any atom is -0.406 e.